The van der Waals surface area contributed by atoms with E-state index in [1.807, 2.05) is 32.0 Å². The molecule has 27 heavy (non-hydrogen) atoms. The van der Waals surface area contributed by atoms with Crippen LogP contribution in [0.3, 0.4) is 0 Å². The predicted octanol–water partition coefficient (Wildman–Crippen LogP) is 2.81. The Kier molecular flexibility index (Phi) is 5.33. The lowest BCUT2D eigenvalue weighted by Crippen LogP contribution is -2.52. The summed E-state index contributed by atoms with van der Waals surface area (Å²) >= 11 is 0. The zero-order chi connectivity index (χ0) is 19.7. The summed E-state index contributed by atoms with van der Waals surface area (Å²) in [5, 5.41) is 8.99. The van der Waals surface area contributed by atoms with E-state index in [4.69, 9.17) is 19.3 Å². The van der Waals surface area contributed by atoms with E-state index in [1.165, 1.54) is 0 Å². The summed E-state index contributed by atoms with van der Waals surface area (Å²) in [5.74, 6) is -0.0398. The molecule has 0 atom stereocenters. The molecule has 1 saturated heterocycles. The van der Waals surface area contributed by atoms with Crippen molar-refractivity contribution in [1.29, 1.82) is 0 Å². The number of amides is 1. The molecule has 148 valence electrons. The molecule has 1 fully saturated rings. The number of aliphatic carboxylic acids is 1. The number of methoxy groups -OCH3 is 1. The van der Waals surface area contributed by atoms with Crippen molar-refractivity contribution in [3.8, 4) is 11.5 Å². The topological polar surface area (TPSA) is 85.3 Å². The highest BCUT2D eigenvalue weighted by Crippen LogP contribution is 2.39. The molecule has 0 radical (unpaired) electrons. The molecule has 2 aliphatic rings. The standard InChI is InChI=1S/C20H27NO6/c1-19(2,12-18(23)24)11-17(22)21-8-6-20(7-9-21)26-13-14-10-15(25-3)4-5-16(14)27-20/h4-5,10H,6-9,11-13H2,1-3H3,(H,23,24). The molecule has 0 aliphatic carbocycles. The highest BCUT2D eigenvalue weighted by atomic mass is 16.7. The van der Waals surface area contributed by atoms with Crippen LogP contribution in [0, 0.1) is 5.41 Å². The molecular formula is C20H27NO6. The average Bonchev–Trinajstić information content (AvgIpc) is 2.60. The molecule has 2 aliphatic heterocycles. The van der Waals surface area contributed by atoms with Crippen LogP contribution >= 0.6 is 0 Å². The first-order chi connectivity index (χ1) is 12.7. The molecule has 0 unspecified atom stereocenters. The van der Waals surface area contributed by atoms with Gasteiger partial charge in [0.1, 0.15) is 11.5 Å². The Balaban J connectivity index is 1.58. The van der Waals surface area contributed by atoms with Gasteiger partial charge in [0.25, 0.3) is 0 Å². The van der Waals surface area contributed by atoms with Crippen molar-refractivity contribution in [2.24, 2.45) is 5.41 Å². The summed E-state index contributed by atoms with van der Waals surface area (Å²) in [6, 6.07) is 5.66. The minimum absolute atomic E-state index is 0.0166. The van der Waals surface area contributed by atoms with Crippen molar-refractivity contribution in [3.05, 3.63) is 23.8 Å². The van der Waals surface area contributed by atoms with Gasteiger partial charge in [-0.15, -0.1) is 0 Å². The number of carboxylic acid groups (broad SMARTS) is 1. The summed E-state index contributed by atoms with van der Waals surface area (Å²) in [6.07, 6.45) is 1.37. The number of likely N-dealkylation sites (tertiary alicyclic amines) is 1. The van der Waals surface area contributed by atoms with Gasteiger partial charge in [0.15, 0.2) is 0 Å². The van der Waals surface area contributed by atoms with E-state index in [2.05, 4.69) is 0 Å². The maximum Gasteiger partial charge on any atom is 0.303 e. The van der Waals surface area contributed by atoms with Crippen molar-refractivity contribution in [2.75, 3.05) is 20.2 Å². The Bertz CT molecular complexity index is 721. The number of fused-ring (bicyclic) bond motifs is 1. The Labute approximate surface area is 159 Å². The van der Waals surface area contributed by atoms with Crippen molar-refractivity contribution in [2.45, 2.75) is 51.9 Å². The molecule has 7 nitrogen and oxygen atoms in total. The van der Waals surface area contributed by atoms with Crippen LogP contribution in [0.5, 0.6) is 11.5 Å². The van der Waals surface area contributed by atoms with E-state index in [-0.39, 0.29) is 18.7 Å². The predicted molar refractivity (Wildman–Crippen MR) is 97.6 cm³/mol. The van der Waals surface area contributed by atoms with Crippen LogP contribution in [0.2, 0.25) is 0 Å². The van der Waals surface area contributed by atoms with Gasteiger partial charge in [0, 0.05) is 37.9 Å². The lowest BCUT2D eigenvalue weighted by Gasteiger charge is -2.44. The van der Waals surface area contributed by atoms with Crippen LogP contribution in [-0.4, -0.2) is 47.9 Å². The molecular weight excluding hydrogens is 350 g/mol. The maximum absolute atomic E-state index is 12.6. The number of carboxylic acids is 1. The molecule has 1 aromatic carbocycles. The maximum atomic E-state index is 12.6. The second-order valence-electron chi connectivity index (χ2n) is 8.07. The molecule has 0 saturated carbocycles. The van der Waals surface area contributed by atoms with Crippen LogP contribution in [0.25, 0.3) is 0 Å². The number of benzene rings is 1. The molecule has 1 amide bonds. The van der Waals surface area contributed by atoms with E-state index in [1.54, 1.807) is 12.0 Å². The van der Waals surface area contributed by atoms with E-state index in [0.717, 1.165) is 17.1 Å². The summed E-state index contributed by atoms with van der Waals surface area (Å²) in [6.45, 7) is 5.14. The molecule has 3 rings (SSSR count). The third kappa shape index (κ3) is 4.53. The number of carbonyl (C=O) groups excluding carboxylic acids is 1. The summed E-state index contributed by atoms with van der Waals surface area (Å²) < 4.78 is 17.4. The molecule has 7 heteroatoms. The van der Waals surface area contributed by atoms with Gasteiger partial charge in [-0.3, -0.25) is 9.59 Å². The fourth-order valence-corrected chi connectivity index (χ4v) is 3.67. The normalized spacial score (nSPS) is 18.6. The number of hydrogen-bond acceptors (Lipinski definition) is 5. The van der Waals surface area contributed by atoms with Crippen molar-refractivity contribution in [3.63, 3.8) is 0 Å². The van der Waals surface area contributed by atoms with Crippen LogP contribution < -0.4 is 9.47 Å². The van der Waals surface area contributed by atoms with Gasteiger partial charge in [-0.05, 0) is 23.6 Å². The molecule has 0 bridgehead atoms. The lowest BCUT2D eigenvalue weighted by molar-refractivity contribution is -0.227. The summed E-state index contributed by atoms with van der Waals surface area (Å²) in [5.41, 5.74) is 0.391. The molecule has 1 aromatic rings. The van der Waals surface area contributed by atoms with Gasteiger partial charge in [0.05, 0.1) is 20.1 Å². The Morgan fingerprint density at radius 3 is 2.59 bits per heavy atom. The molecule has 2 heterocycles. The molecule has 1 spiro atoms. The van der Waals surface area contributed by atoms with Crippen LogP contribution in [0.4, 0.5) is 0 Å². The highest BCUT2D eigenvalue weighted by molar-refractivity contribution is 5.78. The second kappa shape index (κ2) is 7.38. The van der Waals surface area contributed by atoms with E-state index >= 15 is 0 Å². The van der Waals surface area contributed by atoms with E-state index < -0.39 is 17.2 Å². The van der Waals surface area contributed by atoms with Gasteiger partial charge >= 0.3 is 5.97 Å². The van der Waals surface area contributed by atoms with Crippen LogP contribution in [-0.2, 0) is 20.9 Å². The minimum Gasteiger partial charge on any atom is -0.497 e. The number of piperidine rings is 1. The van der Waals surface area contributed by atoms with Crippen molar-refractivity contribution >= 4 is 11.9 Å². The van der Waals surface area contributed by atoms with E-state index in [0.29, 0.717) is 32.5 Å². The number of ether oxygens (including phenoxy) is 3. The van der Waals surface area contributed by atoms with Gasteiger partial charge in [-0.2, -0.15) is 0 Å². The second-order valence-corrected chi connectivity index (χ2v) is 8.07. The Morgan fingerprint density at radius 1 is 1.26 bits per heavy atom. The largest absolute Gasteiger partial charge is 0.497 e. The van der Waals surface area contributed by atoms with Crippen molar-refractivity contribution in [1.82, 2.24) is 4.90 Å². The van der Waals surface area contributed by atoms with Crippen LogP contribution in [0.1, 0.15) is 45.1 Å². The monoisotopic (exact) mass is 377 g/mol. The molecule has 0 aromatic heterocycles. The Morgan fingerprint density at radius 2 is 1.96 bits per heavy atom. The van der Waals surface area contributed by atoms with Gasteiger partial charge in [-0.1, -0.05) is 13.8 Å². The summed E-state index contributed by atoms with van der Waals surface area (Å²) in [4.78, 5) is 25.3. The fourth-order valence-electron chi connectivity index (χ4n) is 3.67. The first kappa shape index (κ1) is 19.5. The number of carbonyl (C=O) groups is 2. The zero-order valence-corrected chi connectivity index (χ0v) is 16.1. The SMILES string of the molecule is COc1ccc2c(c1)COC1(CCN(C(=O)CC(C)(C)CC(=O)O)CC1)O2. The first-order valence-corrected chi connectivity index (χ1v) is 9.21. The molecule has 1 N–H and O–H groups in total. The van der Waals surface area contributed by atoms with Crippen molar-refractivity contribution < 1.29 is 28.9 Å². The van der Waals surface area contributed by atoms with Gasteiger partial charge in [0.2, 0.25) is 11.7 Å². The summed E-state index contributed by atoms with van der Waals surface area (Å²) in [7, 11) is 1.62. The Hall–Kier alpha value is -2.28. The first-order valence-electron chi connectivity index (χ1n) is 9.21. The number of rotatable bonds is 5. The van der Waals surface area contributed by atoms with Gasteiger partial charge in [-0.25, -0.2) is 0 Å². The smallest absolute Gasteiger partial charge is 0.303 e. The lowest BCUT2D eigenvalue weighted by atomic mass is 9.85. The number of hydrogen-bond donors (Lipinski definition) is 1. The van der Waals surface area contributed by atoms with Gasteiger partial charge < -0.3 is 24.2 Å². The third-order valence-corrected chi connectivity index (χ3v) is 5.19. The average molecular weight is 377 g/mol. The van der Waals surface area contributed by atoms with E-state index in [9.17, 15) is 9.59 Å². The third-order valence-electron chi connectivity index (χ3n) is 5.19. The minimum atomic E-state index is -0.885. The zero-order valence-electron chi connectivity index (χ0n) is 16.1. The van der Waals surface area contributed by atoms with Crippen LogP contribution in [0.15, 0.2) is 18.2 Å². The fraction of sp³-hybridized carbons (Fsp3) is 0.600. The quantitative estimate of drug-likeness (QED) is 0.849. The highest BCUT2D eigenvalue weighted by Gasteiger charge is 2.42. The number of nitrogens with zero attached hydrogens (tertiary/aromatic N) is 1.